The van der Waals surface area contributed by atoms with E-state index in [0.717, 1.165) is 32.1 Å². The van der Waals surface area contributed by atoms with Gasteiger partial charge in [0.15, 0.2) is 6.23 Å². The van der Waals surface area contributed by atoms with Gasteiger partial charge in [-0.15, -0.1) is 0 Å². The standard InChI is InChI=1S/C15H20O9Si2/c1-10(16)22-26(23-11(2)17,24-12(3)18)9-19-14-5-6-15-13(7-14)8-20-25(4)21-15/h5-7,25H,8-9H2,1-4H3. The van der Waals surface area contributed by atoms with Crippen molar-refractivity contribution in [1.82, 2.24) is 0 Å². The van der Waals surface area contributed by atoms with Gasteiger partial charge in [0.1, 0.15) is 11.5 Å². The molecule has 1 heterocycles. The molecule has 0 radical (unpaired) electrons. The Hall–Kier alpha value is -2.38. The van der Waals surface area contributed by atoms with Crippen LogP contribution in [-0.2, 0) is 38.7 Å². The first-order valence-electron chi connectivity index (χ1n) is 7.82. The highest BCUT2D eigenvalue weighted by Gasteiger charge is 2.53. The van der Waals surface area contributed by atoms with E-state index >= 15 is 0 Å². The molecule has 0 amide bonds. The predicted molar refractivity (Wildman–Crippen MR) is 91.4 cm³/mol. The largest absolute Gasteiger partial charge is 0.745 e. The lowest BCUT2D eigenvalue weighted by molar-refractivity contribution is -0.148. The van der Waals surface area contributed by atoms with Gasteiger partial charge in [-0.05, 0) is 24.7 Å². The maximum Gasteiger partial charge on any atom is 0.745 e. The van der Waals surface area contributed by atoms with Crippen molar-refractivity contribution >= 4 is 36.0 Å². The summed E-state index contributed by atoms with van der Waals surface area (Å²) in [5.74, 6) is -1.14. The molecule has 0 N–H and O–H groups in total. The van der Waals surface area contributed by atoms with Gasteiger partial charge in [0.2, 0.25) is 0 Å². The van der Waals surface area contributed by atoms with E-state index in [1.54, 1.807) is 18.2 Å². The second-order valence-electron chi connectivity index (χ2n) is 5.52. The molecule has 0 aromatic heterocycles. The summed E-state index contributed by atoms with van der Waals surface area (Å²) >= 11 is 0. The smallest absolute Gasteiger partial charge is 0.522 e. The number of ether oxygens (including phenoxy) is 1. The fourth-order valence-corrected chi connectivity index (χ4v) is 5.30. The molecular weight excluding hydrogens is 380 g/mol. The van der Waals surface area contributed by atoms with Crippen molar-refractivity contribution in [2.75, 3.05) is 6.23 Å². The number of benzene rings is 1. The highest BCUT2D eigenvalue weighted by atomic mass is 28.4. The van der Waals surface area contributed by atoms with Gasteiger partial charge in [0.05, 0.1) is 6.61 Å². The van der Waals surface area contributed by atoms with Crippen molar-refractivity contribution in [2.24, 2.45) is 0 Å². The van der Waals surface area contributed by atoms with Crippen molar-refractivity contribution in [3.05, 3.63) is 23.8 Å². The van der Waals surface area contributed by atoms with Crippen LogP contribution in [0.4, 0.5) is 0 Å². The van der Waals surface area contributed by atoms with E-state index < -0.39 is 42.2 Å². The Labute approximate surface area is 153 Å². The maximum absolute atomic E-state index is 11.4. The predicted octanol–water partition coefficient (Wildman–Crippen LogP) is 0.992. The molecule has 11 heteroatoms. The first-order valence-corrected chi connectivity index (χ1v) is 11.8. The zero-order valence-corrected chi connectivity index (χ0v) is 17.1. The van der Waals surface area contributed by atoms with Crippen LogP contribution in [0.5, 0.6) is 11.5 Å². The highest BCUT2D eigenvalue weighted by molar-refractivity contribution is 6.65. The number of carbonyl (C=O) groups excluding carboxylic acids is 3. The topological polar surface area (TPSA) is 107 Å². The van der Waals surface area contributed by atoms with Crippen molar-refractivity contribution in [2.45, 2.75) is 33.9 Å². The molecule has 0 bridgehead atoms. The molecule has 0 spiro atoms. The molecule has 1 atom stereocenters. The van der Waals surface area contributed by atoms with Crippen molar-refractivity contribution < 1.29 is 41.3 Å². The van der Waals surface area contributed by atoms with Crippen LogP contribution in [0, 0.1) is 0 Å². The van der Waals surface area contributed by atoms with Crippen LogP contribution in [0.3, 0.4) is 0 Å². The molecule has 1 aliphatic heterocycles. The van der Waals surface area contributed by atoms with Crippen LogP contribution in [0.2, 0.25) is 6.55 Å². The van der Waals surface area contributed by atoms with Gasteiger partial charge in [-0.25, -0.2) is 0 Å². The third kappa shape index (κ3) is 5.57. The van der Waals surface area contributed by atoms with Crippen molar-refractivity contribution in [1.29, 1.82) is 0 Å². The van der Waals surface area contributed by atoms with E-state index in [2.05, 4.69) is 0 Å². The third-order valence-electron chi connectivity index (χ3n) is 3.11. The van der Waals surface area contributed by atoms with E-state index in [1.165, 1.54) is 0 Å². The van der Waals surface area contributed by atoms with Gasteiger partial charge in [-0.1, -0.05) is 0 Å². The van der Waals surface area contributed by atoms with Gasteiger partial charge in [-0.3, -0.25) is 14.4 Å². The fraction of sp³-hybridized carbons (Fsp3) is 0.400. The fourth-order valence-electron chi connectivity index (χ4n) is 2.27. The van der Waals surface area contributed by atoms with Gasteiger partial charge >= 0.3 is 18.1 Å². The average molecular weight is 400 g/mol. The number of rotatable bonds is 6. The molecule has 142 valence electrons. The second-order valence-corrected chi connectivity index (χ2v) is 9.49. The monoisotopic (exact) mass is 400 g/mol. The second kappa shape index (κ2) is 8.34. The number of fused-ring (bicyclic) bond motifs is 1. The minimum absolute atomic E-state index is 0.399. The molecule has 0 aliphatic carbocycles. The maximum atomic E-state index is 11.4. The molecule has 1 aliphatic rings. The van der Waals surface area contributed by atoms with Gasteiger partial charge in [-0.2, -0.15) is 0 Å². The first kappa shape index (κ1) is 19.9. The summed E-state index contributed by atoms with van der Waals surface area (Å²) in [7, 11) is -5.69. The van der Waals surface area contributed by atoms with E-state index in [1.807, 2.05) is 6.55 Å². The SMILES string of the molecule is CC(=O)O[Si](COc1ccc2c(c1)CO[SiH](C)O2)(OC(C)=O)OC(C)=O. The van der Waals surface area contributed by atoms with Gasteiger partial charge in [0.25, 0.3) is 17.9 Å². The van der Waals surface area contributed by atoms with Crippen molar-refractivity contribution in [3.63, 3.8) is 0 Å². The van der Waals surface area contributed by atoms with Crippen LogP contribution in [0.15, 0.2) is 18.2 Å². The Balaban J connectivity index is 2.18. The molecule has 0 saturated carbocycles. The van der Waals surface area contributed by atoms with E-state index in [-0.39, 0.29) is 0 Å². The molecule has 1 aromatic rings. The lowest BCUT2D eigenvalue weighted by Gasteiger charge is -2.26. The molecule has 2 rings (SSSR count). The molecule has 1 unspecified atom stereocenters. The summed E-state index contributed by atoms with van der Waals surface area (Å²) < 4.78 is 31.9. The minimum Gasteiger partial charge on any atom is -0.522 e. The zero-order valence-electron chi connectivity index (χ0n) is 14.9. The van der Waals surface area contributed by atoms with E-state index in [9.17, 15) is 14.4 Å². The molecule has 0 fully saturated rings. The summed E-state index contributed by atoms with van der Waals surface area (Å²) in [4.78, 5) is 34.2. The average Bonchev–Trinajstić information content (AvgIpc) is 2.50. The summed E-state index contributed by atoms with van der Waals surface area (Å²) in [6.45, 7) is 5.68. The zero-order chi connectivity index (χ0) is 19.3. The Morgan fingerprint density at radius 2 is 1.65 bits per heavy atom. The molecule has 26 heavy (non-hydrogen) atoms. The van der Waals surface area contributed by atoms with Crippen LogP contribution in [0.1, 0.15) is 26.3 Å². The lowest BCUT2D eigenvalue weighted by Crippen LogP contribution is -2.54. The van der Waals surface area contributed by atoms with Crippen molar-refractivity contribution in [3.8, 4) is 11.5 Å². The third-order valence-corrected chi connectivity index (χ3v) is 6.63. The van der Waals surface area contributed by atoms with Crippen LogP contribution in [0.25, 0.3) is 0 Å². The quantitative estimate of drug-likeness (QED) is 0.646. The molecular formula is C15H20O9Si2. The summed E-state index contributed by atoms with van der Waals surface area (Å²) in [5.41, 5.74) is 0.799. The summed E-state index contributed by atoms with van der Waals surface area (Å²) in [6.07, 6.45) is -0.405. The number of hydrogen-bond acceptors (Lipinski definition) is 9. The molecule has 9 nitrogen and oxygen atoms in total. The van der Waals surface area contributed by atoms with E-state index in [0.29, 0.717) is 12.4 Å². The lowest BCUT2D eigenvalue weighted by atomic mass is 10.2. The normalized spacial score (nSPS) is 15.9. The van der Waals surface area contributed by atoms with E-state index in [4.69, 9.17) is 26.9 Å². The Bertz CT molecular complexity index is 666. The van der Waals surface area contributed by atoms with Crippen LogP contribution < -0.4 is 9.16 Å². The minimum atomic E-state index is -4.04. The highest BCUT2D eigenvalue weighted by Crippen LogP contribution is 2.29. The number of carbonyl (C=O) groups is 3. The Kier molecular flexibility index (Phi) is 6.39. The molecule has 0 saturated heterocycles. The molecule has 1 aromatic carbocycles. The van der Waals surface area contributed by atoms with Crippen LogP contribution in [-0.4, -0.2) is 42.2 Å². The van der Waals surface area contributed by atoms with Gasteiger partial charge < -0.3 is 26.9 Å². The number of hydrogen-bond donors (Lipinski definition) is 0. The van der Waals surface area contributed by atoms with Gasteiger partial charge in [0, 0.05) is 26.3 Å². The Morgan fingerprint density at radius 1 is 1.08 bits per heavy atom. The summed E-state index contributed by atoms with van der Waals surface area (Å²) in [6, 6.07) is 5.09. The first-order chi connectivity index (χ1) is 12.2. The van der Waals surface area contributed by atoms with Crippen LogP contribution >= 0.6 is 0 Å². The summed E-state index contributed by atoms with van der Waals surface area (Å²) in [5, 5.41) is 0. The Morgan fingerprint density at radius 3 is 2.19 bits per heavy atom.